The number of aliphatic hydroxyl groups is 1. The number of aliphatic hydroxyl groups excluding tert-OH is 1. The van der Waals surface area contributed by atoms with Gasteiger partial charge in [-0.1, -0.05) is 0 Å². The first-order valence-electron chi connectivity index (χ1n) is 6.24. The van der Waals surface area contributed by atoms with Crippen LogP contribution in [0.25, 0.3) is 0 Å². The molecule has 1 heterocycles. The van der Waals surface area contributed by atoms with Crippen LogP contribution >= 0.6 is 11.8 Å². The topological polar surface area (TPSA) is 79.2 Å². The quantitative estimate of drug-likeness (QED) is 0.743. The van der Waals surface area contributed by atoms with Gasteiger partial charge in [-0.2, -0.15) is 16.9 Å². The van der Waals surface area contributed by atoms with Crippen molar-refractivity contribution >= 4 is 23.6 Å². The Kier molecular flexibility index (Phi) is 6.17. The summed E-state index contributed by atoms with van der Waals surface area (Å²) in [6.07, 6.45) is 3.56. The van der Waals surface area contributed by atoms with Crippen LogP contribution in [0, 0.1) is 0 Å². The van der Waals surface area contributed by atoms with Crippen molar-refractivity contribution < 1.29 is 9.90 Å². The second-order valence-electron chi connectivity index (χ2n) is 4.60. The van der Waals surface area contributed by atoms with Crippen molar-refractivity contribution in [2.75, 3.05) is 18.2 Å². The average Bonchev–Trinajstić information content (AvgIpc) is 2.78. The fourth-order valence-electron chi connectivity index (χ4n) is 1.71. The summed E-state index contributed by atoms with van der Waals surface area (Å²) >= 11 is 1.53. The number of aromatic nitrogens is 2. The lowest BCUT2D eigenvalue weighted by Crippen LogP contribution is -2.43. The highest BCUT2D eigenvalue weighted by Crippen LogP contribution is 2.14. The number of carbonyl (C=O) groups is 1. The predicted molar refractivity (Wildman–Crippen MR) is 78.6 cm³/mol. The Bertz CT molecular complexity index is 404. The van der Waals surface area contributed by atoms with Gasteiger partial charge in [-0.25, -0.2) is 9.48 Å². The molecule has 0 bridgehead atoms. The highest BCUT2D eigenvalue weighted by atomic mass is 32.2. The lowest BCUT2D eigenvalue weighted by molar-refractivity contribution is 0.243. The summed E-state index contributed by atoms with van der Waals surface area (Å²) in [6.45, 7) is 5.89. The summed E-state index contributed by atoms with van der Waals surface area (Å²) in [5.74, 6) is 0.657. The summed E-state index contributed by atoms with van der Waals surface area (Å²) < 4.78 is 1.74. The predicted octanol–water partition coefficient (Wildman–Crippen LogP) is 1.70. The first kappa shape index (κ1) is 15.8. The lowest BCUT2D eigenvalue weighted by atomic mass is 10.2. The van der Waals surface area contributed by atoms with Crippen LogP contribution in [0.4, 0.5) is 10.6 Å². The summed E-state index contributed by atoms with van der Waals surface area (Å²) in [4.78, 5) is 11.9. The van der Waals surface area contributed by atoms with Crippen molar-refractivity contribution in [1.29, 1.82) is 0 Å². The fourth-order valence-corrected chi connectivity index (χ4v) is 2.34. The van der Waals surface area contributed by atoms with E-state index in [4.69, 9.17) is 0 Å². The minimum Gasteiger partial charge on any atom is -0.395 e. The molecule has 19 heavy (non-hydrogen) atoms. The van der Waals surface area contributed by atoms with Crippen LogP contribution in [0.2, 0.25) is 0 Å². The van der Waals surface area contributed by atoms with Crippen molar-refractivity contribution in [3.05, 3.63) is 12.3 Å². The van der Waals surface area contributed by atoms with E-state index >= 15 is 0 Å². The van der Waals surface area contributed by atoms with E-state index in [9.17, 15) is 9.90 Å². The molecule has 1 aromatic rings. The van der Waals surface area contributed by atoms with E-state index in [1.807, 2.05) is 27.0 Å². The van der Waals surface area contributed by atoms with Crippen LogP contribution in [0.15, 0.2) is 12.3 Å². The molecule has 1 rings (SSSR count). The van der Waals surface area contributed by atoms with Gasteiger partial charge in [0.25, 0.3) is 0 Å². The van der Waals surface area contributed by atoms with E-state index < -0.39 is 0 Å². The van der Waals surface area contributed by atoms with Gasteiger partial charge in [0.15, 0.2) is 0 Å². The molecule has 0 aliphatic heterocycles. The molecule has 0 saturated heterocycles. The van der Waals surface area contributed by atoms with Gasteiger partial charge in [0, 0.05) is 23.4 Å². The molecule has 108 valence electrons. The van der Waals surface area contributed by atoms with E-state index in [1.165, 1.54) is 11.8 Å². The van der Waals surface area contributed by atoms with Gasteiger partial charge < -0.3 is 10.4 Å². The highest BCUT2D eigenvalue weighted by molar-refractivity contribution is 7.99. The molecular weight excluding hydrogens is 264 g/mol. The number of carbonyl (C=O) groups excluding carboxylic acids is 1. The molecule has 0 spiro atoms. The molecule has 2 amide bonds. The molecule has 0 aliphatic carbocycles. The standard InChI is InChI=1S/C12H22N4O2S/c1-8(2)16-11(5-6-13-16)15-12(18)14-9(3)10(7-17)19-4/h5-6,8-10,17H,7H2,1-4H3,(H2,14,15,18). The van der Waals surface area contributed by atoms with Gasteiger partial charge >= 0.3 is 6.03 Å². The number of rotatable bonds is 6. The van der Waals surface area contributed by atoms with Crippen LogP contribution in [0.1, 0.15) is 26.8 Å². The van der Waals surface area contributed by atoms with Gasteiger partial charge in [0.05, 0.1) is 12.8 Å². The number of anilines is 1. The van der Waals surface area contributed by atoms with E-state index in [2.05, 4.69) is 15.7 Å². The Hall–Kier alpha value is -1.21. The normalized spacial score (nSPS) is 14.2. The average molecular weight is 286 g/mol. The van der Waals surface area contributed by atoms with E-state index in [0.717, 1.165) is 0 Å². The first-order chi connectivity index (χ1) is 8.99. The zero-order valence-electron chi connectivity index (χ0n) is 11.8. The smallest absolute Gasteiger partial charge is 0.320 e. The van der Waals surface area contributed by atoms with Gasteiger partial charge in [0.1, 0.15) is 5.82 Å². The summed E-state index contributed by atoms with van der Waals surface area (Å²) in [6, 6.07) is 1.53. The first-order valence-corrected chi connectivity index (χ1v) is 7.53. The van der Waals surface area contributed by atoms with Crippen molar-refractivity contribution in [3.63, 3.8) is 0 Å². The SMILES string of the molecule is CSC(CO)C(C)NC(=O)Nc1ccnn1C(C)C. The number of amides is 2. The van der Waals surface area contributed by atoms with Crippen LogP contribution in [-0.4, -0.2) is 45.1 Å². The third-order valence-electron chi connectivity index (χ3n) is 2.80. The Morgan fingerprint density at radius 2 is 2.21 bits per heavy atom. The molecule has 7 heteroatoms. The number of urea groups is 1. The molecule has 2 atom stereocenters. The maximum atomic E-state index is 11.9. The van der Waals surface area contributed by atoms with Crippen LogP contribution in [0.5, 0.6) is 0 Å². The van der Waals surface area contributed by atoms with Gasteiger partial charge in [-0.3, -0.25) is 5.32 Å². The third kappa shape index (κ3) is 4.43. The Morgan fingerprint density at radius 3 is 2.74 bits per heavy atom. The minimum atomic E-state index is -0.289. The summed E-state index contributed by atoms with van der Waals surface area (Å²) in [7, 11) is 0. The molecule has 0 aliphatic rings. The summed E-state index contributed by atoms with van der Waals surface area (Å²) in [5, 5.41) is 18.9. The zero-order valence-corrected chi connectivity index (χ0v) is 12.6. The Morgan fingerprint density at radius 1 is 1.53 bits per heavy atom. The molecule has 0 saturated carbocycles. The molecule has 2 unspecified atom stereocenters. The molecule has 3 N–H and O–H groups in total. The van der Waals surface area contributed by atoms with Gasteiger partial charge in [0.2, 0.25) is 0 Å². The summed E-state index contributed by atoms with van der Waals surface area (Å²) in [5.41, 5.74) is 0. The molecular formula is C12H22N4O2S. The number of thioether (sulfide) groups is 1. The Balaban J connectivity index is 2.58. The number of hydrogen-bond acceptors (Lipinski definition) is 4. The number of nitrogens with zero attached hydrogens (tertiary/aromatic N) is 2. The monoisotopic (exact) mass is 286 g/mol. The minimum absolute atomic E-state index is 0.0132. The third-order valence-corrected chi connectivity index (χ3v) is 3.96. The highest BCUT2D eigenvalue weighted by Gasteiger charge is 2.18. The second kappa shape index (κ2) is 7.40. The van der Waals surface area contributed by atoms with Crippen molar-refractivity contribution in [1.82, 2.24) is 15.1 Å². The molecule has 0 radical (unpaired) electrons. The van der Waals surface area contributed by atoms with Gasteiger partial charge in [-0.15, -0.1) is 0 Å². The van der Waals surface area contributed by atoms with E-state index in [-0.39, 0.29) is 30.0 Å². The second-order valence-corrected chi connectivity index (χ2v) is 5.68. The van der Waals surface area contributed by atoms with Crippen LogP contribution in [0.3, 0.4) is 0 Å². The van der Waals surface area contributed by atoms with Gasteiger partial charge in [-0.05, 0) is 27.0 Å². The fraction of sp³-hybridized carbons (Fsp3) is 0.667. The van der Waals surface area contributed by atoms with Crippen molar-refractivity contribution in [2.45, 2.75) is 38.1 Å². The number of nitrogens with one attached hydrogen (secondary N) is 2. The van der Waals surface area contributed by atoms with Crippen molar-refractivity contribution in [3.8, 4) is 0 Å². The molecule has 1 aromatic heterocycles. The lowest BCUT2D eigenvalue weighted by Gasteiger charge is -2.21. The van der Waals surface area contributed by atoms with E-state index in [1.54, 1.807) is 16.9 Å². The largest absolute Gasteiger partial charge is 0.395 e. The molecule has 6 nitrogen and oxygen atoms in total. The molecule has 0 aromatic carbocycles. The zero-order chi connectivity index (χ0) is 14.4. The molecule has 0 fully saturated rings. The van der Waals surface area contributed by atoms with Crippen LogP contribution < -0.4 is 10.6 Å². The van der Waals surface area contributed by atoms with Crippen LogP contribution in [-0.2, 0) is 0 Å². The maximum Gasteiger partial charge on any atom is 0.320 e. The maximum absolute atomic E-state index is 11.9. The van der Waals surface area contributed by atoms with Crippen molar-refractivity contribution in [2.24, 2.45) is 0 Å². The van der Waals surface area contributed by atoms with E-state index in [0.29, 0.717) is 5.82 Å². The number of hydrogen-bond donors (Lipinski definition) is 3. The Labute approximate surface area is 118 Å².